The molecule has 0 aliphatic carbocycles. The lowest BCUT2D eigenvalue weighted by Gasteiger charge is -2.41. The van der Waals surface area contributed by atoms with E-state index in [1.54, 1.807) is 31.0 Å². The van der Waals surface area contributed by atoms with Crippen molar-refractivity contribution in [2.24, 2.45) is 10.4 Å². The number of methoxy groups -OCH3 is 1. The van der Waals surface area contributed by atoms with Crippen LogP contribution in [0.25, 0.3) is 0 Å². The largest absolute Gasteiger partial charge is 0.497 e. The quantitative estimate of drug-likeness (QED) is 0.455. The van der Waals surface area contributed by atoms with Crippen molar-refractivity contribution in [2.75, 3.05) is 35.9 Å². The molecular formula is C27H31ClN4O3S. The van der Waals surface area contributed by atoms with Gasteiger partial charge in [-0.2, -0.15) is 0 Å². The van der Waals surface area contributed by atoms with E-state index in [0.29, 0.717) is 22.6 Å². The predicted octanol–water partition coefficient (Wildman–Crippen LogP) is 5.66. The van der Waals surface area contributed by atoms with Crippen LogP contribution < -0.4 is 15.4 Å². The molecule has 7 nitrogen and oxygen atoms in total. The molecule has 0 saturated carbocycles. The smallest absolute Gasteiger partial charge is 0.255 e. The number of nitrogens with zero attached hydrogens (tertiary/aromatic N) is 2. The first-order valence-electron chi connectivity index (χ1n) is 11.8. The molecule has 0 spiro atoms. The zero-order chi connectivity index (χ0) is 25.9. The molecule has 0 aromatic heterocycles. The molecule has 36 heavy (non-hydrogen) atoms. The van der Waals surface area contributed by atoms with Gasteiger partial charge in [0.1, 0.15) is 5.75 Å². The molecule has 1 saturated heterocycles. The Morgan fingerprint density at radius 2 is 1.92 bits per heavy atom. The standard InChI is InChI=1S/C27H31ClN4O3S/c1-17-22(24(33)30-19-9-11-21(35-4)12-10-19)23(32-13-6-14-36-26(32)29-17)18-7-5-8-20(15-18)31-25(34)27(2,3)16-28/h5,7-12,15,23H,6,13-14,16H2,1-4H3,(H,30,33)(H,31,34). The molecule has 0 radical (unpaired) electrons. The highest BCUT2D eigenvalue weighted by molar-refractivity contribution is 8.13. The number of nitrogens with one attached hydrogen (secondary N) is 2. The van der Waals surface area contributed by atoms with Gasteiger partial charge in [0.2, 0.25) is 5.91 Å². The molecular weight excluding hydrogens is 496 g/mol. The summed E-state index contributed by atoms with van der Waals surface area (Å²) in [6.07, 6.45) is 0.993. The first-order chi connectivity index (χ1) is 17.2. The highest BCUT2D eigenvalue weighted by Crippen LogP contribution is 2.40. The number of allylic oxidation sites excluding steroid dienone is 1. The van der Waals surface area contributed by atoms with E-state index in [-0.39, 0.29) is 23.7 Å². The molecule has 2 N–H and O–H groups in total. The monoisotopic (exact) mass is 526 g/mol. The first kappa shape index (κ1) is 26.1. The van der Waals surface area contributed by atoms with E-state index >= 15 is 0 Å². The lowest BCUT2D eigenvalue weighted by Crippen LogP contribution is -2.43. The van der Waals surface area contributed by atoms with Crippen LogP contribution in [0, 0.1) is 5.41 Å². The maximum absolute atomic E-state index is 13.6. The Bertz CT molecular complexity index is 1210. The summed E-state index contributed by atoms with van der Waals surface area (Å²) >= 11 is 7.70. The molecule has 2 amide bonds. The van der Waals surface area contributed by atoms with Gasteiger partial charge in [-0.05, 0) is 69.2 Å². The Morgan fingerprint density at radius 1 is 1.17 bits per heavy atom. The molecule has 2 heterocycles. The fourth-order valence-electron chi connectivity index (χ4n) is 4.13. The maximum atomic E-state index is 13.6. The van der Waals surface area contributed by atoms with Gasteiger partial charge in [-0.3, -0.25) is 9.59 Å². The van der Waals surface area contributed by atoms with Gasteiger partial charge in [0.25, 0.3) is 5.91 Å². The minimum atomic E-state index is -0.703. The van der Waals surface area contributed by atoms with Gasteiger partial charge in [0.15, 0.2) is 5.17 Å². The van der Waals surface area contributed by atoms with Crippen molar-refractivity contribution >= 4 is 51.7 Å². The van der Waals surface area contributed by atoms with E-state index < -0.39 is 5.41 Å². The van der Waals surface area contributed by atoms with Crippen LogP contribution >= 0.6 is 23.4 Å². The van der Waals surface area contributed by atoms with Gasteiger partial charge >= 0.3 is 0 Å². The number of ether oxygens (including phenoxy) is 1. The Kier molecular flexibility index (Phi) is 7.95. The van der Waals surface area contributed by atoms with E-state index in [2.05, 4.69) is 15.5 Å². The fourth-order valence-corrected chi connectivity index (χ4v) is 5.27. The topological polar surface area (TPSA) is 83.0 Å². The number of halogens is 1. The van der Waals surface area contributed by atoms with Crippen molar-refractivity contribution in [1.29, 1.82) is 0 Å². The summed E-state index contributed by atoms with van der Waals surface area (Å²) in [4.78, 5) is 33.4. The molecule has 2 aromatic carbocycles. The molecule has 2 aliphatic rings. The minimum Gasteiger partial charge on any atom is -0.497 e. The molecule has 1 unspecified atom stereocenters. The molecule has 1 atom stereocenters. The van der Waals surface area contributed by atoms with E-state index in [0.717, 1.165) is 35.2 Å². The van der Waals surface area contributed by atoms with Crippen molar-refractivity contribution in [3.05, 3.63) is 65.4 Å². The van der Waals surface area contributed by atoms with Crippen molar-refractivity contribution in [2.45, 2.75) is 33.2 Å². The van der Waals surface area contributed by atoms with Crippen LogP contribution in [0.3, 0.4) is 0 Å². The number of rotatable bonds is 7. The van der Waals surface area contributed by atoms with Crippen LogP contribution in [0.4, 0.5) is 11.4 Å². The summed E-state index contributed by atoms with van der Waals surface area (Å²) in [5.41, 5.74) is 2.81. The third kappa shape index (κ3) is 5.55. The molecule has 2 aliphatic heterocycles. The second kappa shape index (κ2) is 11.0. The van der Waals surface area contributed by atoms with Crippen LogP contribution in [0.1, 0.15) is 38.8 Å². The number of thioether (sulfide) groups is 1. The van der Waals surface area contributed by atoms with Gasteiger partial charge in [0, 0.05) is 29.6 Å². The first-order valence-corrected chi connectivity index (χ1v) is 13.4. The summed E-state index contributed by atoms with van der Waals surface area (Å²) in [5, 5.41) is 6.93. The average Bonchev–Trinajstić information content (AvgIpc) is 2.88. The number of anilines is 2. The number of aliphatic imine (C=N–C) groups is 1. The van der Waals surface area contributed by atoms with Gasteiger partial charge in [0.05, 0.1) is 29.8 Å². The second-order valence-corrected chi connectivity index (χ2v) is 10.8. The van der Waals surface area contributed by atoms with Crippen LogP contribution in [-0.2, 0) is 9.59 Å². The fraction of sp³-hybridized carbons (Fsp3) is 0.370. The normalized spacial score (nSPS) is 17.8. The summed E-state index contributed by atoms with van der Waals surface area (Å²) in [6.45, 7) is 6.28. The number of amides is 2. The Labute approximate surface area is 221 Å². The Morgan fingerprint density at radius 3 is 2.61 bits per heavy atom. The van der Waals surface area contributed by atoms with Crippen LogP contribution in [-0.4, -0.2) is 47.2 Å². The van der Waals surface area contributed by atoms with Crippen molar-refractivity contribution in [3.8, 4) is 5.75 Å². The van der Waals surface area contributed by atoms with Crippen molar-refractivity contribution < 1.29 is 14.3 Å². The number of fused-ring (bicyclic) bond motifs is 1. The highest BCUT2D eigenvalue weighted by atomic mass is 35.5. The summed E-state index contributed by atoms with van der Waals surface area (Å²) in [7, 11) is 1.60. The number of carbonyl (C=O) groups is 2. The van der Waals surface area contributed by atoms with Gasteiger partial charge in [-0.1, -0.05) is 23.9 Å². The molecule has 2 aromatic rings. The second-order valence-electron chi connectivity index (χ2n) is 9.47. The summed E-state index contributed by atoms with van der Waals surface area (Å²) in [5.74, 6) is 1.56. The molecule has 1 fully saturated rings. The third-order valence-electron chi connectivity index (χ3n) is 6.26. The molecule has 0 bridgehead atoms. The van der Waals surface area contributed by atoms with E-state index in [9.17, 15) is 9.59 Å². The lowest BCUT2D eigenvalue weighted by atomic mass is 9.92. The van der Waals surface area contributed by atoms with E-state index in [1.807, 2.05) is 57.2 Å². The molecule has 4 rings (SSSR count). The van der Waals surface area contributed by atoms with Crippen LogP contribution in [0.5, 0.6) is 5.75 Å². The SMILES string of the molecule is COc1ccc(NC(=O)C2=C(C)N=C3SCCCN3C2c2cccc(NC(=O)C(C)(C)CCl)c2)cc1. The number of amidine groups is 1. The predicted molar refractivity (Wildman–Crippen MR) is 148 cm³/mol. The number of carbonyl (C=O) groups excluding carboxylic acids is 2. The number of hydrogen-bond acceptors (Lipinski definition) is 6. The number of benzene rings is 2. The average molecular weight is 527 g/mol. The van der Waals surface area contributed by atoms with Gasteiger partial charge in [-0.15, -0.1) is 11.6 Å². The molecule has 190 valence electrons. The van der Waals surface area contributed by atoms with Crippen LogP contribution in [0.15, 0.2) is 64.8 Å². The molecule has 9 heteroatoms. The Hall–Kier alpha value is -2.97. The van der Waals surface area contributed by atoms with Crippen LogP contribution in [0.2, 0.25) is 0 Å². The van der Waals surface area contributed by atoms with Gasteiger partial charge in [-0.25, -0.2) is 4.99 Å². The van der Waals surface area contributed by atoms with Crippen molar-refractivity contribution in [1.82, 2.24) is 4.90 Å². The Balaban J connectivity index is 1.69. The van der Waals surface area contributed by atoms with Crippen molar-refractivity contribution in [3.63, 3.8) is 0 Å². The number of hydrogen-bond donors (Lipinski definition) is 2. The zero-order valence-corrected chi connectivity index (χ0v) is 22.5. The minimum absolute atomic E-state index is 0.154. The maximum Gasteiger partial charge on any atom is 0.255 e. The van der Waals surface area contributed by atoms with E-state index in [1.165, 1.54) is 0 Å². The highest BCUT2D eigenvalue weighted by Gasteiger charge is 2.37. The summed E-state index contributed by atoms with van der Waals surface area (Å²) < 4.78 is 5.22. The van der Waals surface area contributed by atoms with E-state index in [4.69, 9.17) is 21.3 Å². The third-order valence-corrected chi connectivity index (χ3v) is 8.00. The number of alkyl halides is 1. The van der Waals surface area contributed by atoms with Gasteiger partial charge < -0.3 is 20.3 Å². The lowest BCUT2D eigenvalue weighted by molar-refractivity contribution is -0.123. The zero-order valence-electron chi connectivity index (χ0n) is 20.9. The summed E-state index contributed by atoms with van der Waals surface area (Å²) in [6, 6.07) is 14.6.